The number of piperidine rings is 1. The summed E-state index contributed by atoms with van der Waals surface area (Å²) in [5, 5.41) is 3.48. The van der Waals surface area contributed by atoms with Crippen molar-refractivity contribution in [2.45, 2.75) is 45.3 Å². The van der Waals surface area contributed by atoms with E-state index in [0.717, 1.165) is 12.8 Å². The van der Waals surface area contributed by atoms with E-state index in [9.17, 15) is 9.59 Å². The zero-order chi connectivity index (χ0) is 17.0. The van der Waals surface area contributed by atoms with Crippen molar-refractivity contribution in [3.63, 3.8) is 0 Å². The number of carbonyl (C=O) groups is 2. The molecule has 1 aliphatic heterocycles. The Morgan fingerprint density at radius 3 is 2.26 bits per heavy atom. The second kappa shape index (κ2) is 7.21. The van der Waals surface area contributed by atoms with Crippen molar-refractivity contribution in [1.29, 1.82) is 0 Å². The van der Waals surface area contributed by atoms with Crippen LogP contribution in [-0.2, 0) is 4.74 Å². The maximum absolute atomic E-state index is 12.4. The maximum Gasteiger partial charge on any atom is 0.407 e. The number of hydrogen-bond acceptors (Lipinski definition) is 3. The molecular formula is C17H23ClN2O3. The van der Waals surface area contributed by atoms with Gasteiger partial charge in [-0.1, -0.05) is 11.6 Å². The molecule has 1 fully saturated rings. The van der Waals surface area contributed by atoms with Gasteiger partial charge in [0, 0.05) is 29.7 Å². The lowest BCUT2D eigenvalue weighted by Crippen LogP contribution is -2.47. The van der Waals surface area contributed by atoms with Crippen molar-refractivity contribution in [2.24, 2.45) is 0 Å². The average molecular weight is 339 g/mol. The van der Waals surface area contributed by atoms with Crippen LogP contribution in [0.25, 0.3) is 0 Å². The van der Waals surface area contributed by atoms with Crippen LogP contribution in [0.5, 0.6) is 0 Å². The summed E-state index contributed by atoms with van der Waals surface area (Å²) in [5.74, 6) is -0.00242. The summed E-state index contributed by atoms with van der Waals surface area (Å²) in [6, 6.07) is 6.93. The molecule has 1 saturated heterocycles. The number of benzene rings is 1. The zero-order valence-corrected chi connectivity index (χ0v) is 14.5. The molecule has 1 heterocycles. The van der Waals surface area contributed by atoms with Gasteiger partial charge < -0.3 is 15.0 Å². The van der Waals surface area contributed by atoms with Crippen molar-refractivity contribution in [2.75, 3.05) is 13.1 Å². The fourth-order valence-electron chi connectivity index (χ4n) is 2.48. The fourth-order valence-corrected chi connectivity index (χ4v) is 2.60. The summed E-state index contributed by atoms with van der Waals surface area (Å²) < 4.78 is 5.25. The van der Waals surface area contributed by atoms with Crippen molar-refractivity contribution < 1.29 is 14.3 Å². The van der Waals surface area contributed by atoms with Crippen LogP contribution in [0.4, 0.5) is 4.79 Å². The third kappa shape index (κ3) is 5.43. The van der Waals surface area contributed by atoms with E-state index < -0.39 is 11.7 Å². The third-order valence-electron chi connectivity index (χ3n) is 3.59. The minimum Gasteiger partial charge on any atom is -0.444 e. The fraction of sp³-hybridized carbons (Fsp3) is 0.529. The standard InChI is InChI=1S/C17H23ClN2O3/c1-17(2,3)23-16(22)19-14-8-10-20(11-9-14)15(21)12-4-6-13(18)7-5-12/h4-7,14H,8-11H2,1-3H3,(H,19,22). The third-order valence-corrected chi connectivity index (χ3v) is 3.85. The van der Waals surface area contributed by atoms with E-state index in [-0.39, 0.29) is 11.9 Å². The first-order chi connectivity index (χ1) is 10.7. The quantitative estimate of drug-likeness (QED) is 0.898. The number of rotatable bonds is 2. The van der Waals surface area contributed by atoms with Crippen LogP contribution in [0.15, 0.2) is 24.3 Å². The van der Waals surface area contributed by atoms with Crippen molar-refractivity contribution in [3.05, 3.63) is 34.9 Å². The highest BCUT2D eigenvalue weighted by atomic mass is 35.5. The Morgan fingerprint density at radius 2 is 1.74 bits per heavy atom. The van der Waals surface area contributed by atoms with Gasteiger partial charge in [0.25, 0.3) is 5.91 Å². The molecule has 6 heteroatoms. The number of alkyl carbamates (subject to hydrolysis) is 1. The van der Waals surface area contributed by atoms with Crippen LogP contribution in [0.3, 0.4) is 0 Å². The maximum atomic E-state index is 12.4. The number of ether oxygens (including phenoxy) is 1. The lowest BCUT2D eigenvalue weighted by atomic mass is 10.0. The molecule has 0 bridgehead atoms. The Hall–Kier alpha value is -1.75. The first-order valence-electron chi connectivity index (χ1n) is 7.79. The van der Waals surface area contributed by atoms with Crippen LogP contribution in [-0.4, -0.2) is 41.6 Å². The molecule has 0 saturated carbocycles. The van der Waals surface area contributed by atoms with Crippen molar-refractivity contribution >= 4 is 23.6 Å². The molecule has 0 spiro atoms. The lowest BCUT2D eigenvalue weighted by Gasteiger charge is -2.33. The molecule has 5 nitrogen and oxygen atoms in total. The summed E-state index contributed by atoms with van der Waals surface area (Å²) in [6.07, 6.45) is 1.04. The SMILES string of the molecule is CC(C)(C)OC(=O)NC1CCN(C(=O)c2ccc(Cl)cc2)CC1. The van der Waals surface area contributed by atoms with Crippen LogP contribution in [0.2, 0.25) is 5.02 Å². The molecule has 126 valence electrons. The molecule has 1 aromatic rings. The summed E-state index contributed by atoms with van der Waals surface area (Å²) in [4.78, 5) is 26.0. The van der Waals surface area contributed by atoms with E-state index in [1.165, 1.54) is 0 Å². The predicted molar refractivity (Wildman–Crippen MR) is 89.7 cm³/mol. The molecule has 0 atom stereocenters. The molecule has 23 heavy (non-hydrogen) atoms. The van der Waals surface area contributed by atoms with Crippen LogP contribution in [0, 0.1) is 0 Å². The van der Waals surface area contributed by atoms with Crippen molar-refractivity contribution in [1.82, 2.24) is 10.2 Å². The molecule has 1 aromatic carbocycles. The van der Waals surface area contributed by atoms with Gasteiger partial charge >= 0.3 is 6.09 Å². The zero-order valence-electron chi connectivity index (χ0n) is 13.8. The van der Waals surface area contributed by atoms with Gasteiger partial charge in [-0.3, -0.25) is 4.79 Å². The number of carbonyl (C=O) groups excluding carboxylic acids is 2. The van der Waals surface area contributed by atoms with E-state index in [0.29, 0.717) is 23.7 Å². The number of amides is 2. The summed E-state index contributed by atoms with van der Waals surface area (Å²) in [6.45, 7) is 6.73. The minimum atomic E-state index is -0.505. The smallest absolute Gasteiger partial charge is 0.407 e. The Morgan fingerprint density at radius 1 is 1.17 bits per heavy atom. The molecule has 2 amide bonds. The average Bonchev–Trinajstić information content (AvgIpc) is 2.46. The van der Waals surface area contributed by atoms with Crippen LogP contribution in [0.1, 0.15) is 44.0 Å². The highest BCUT2D eigenvalue weighted by Gasteiger charge is 2.26. The van der Waals surface area contributed by atoms with Gasteiger partial charge in [-0.05, 0) is 57.9 Å². The van der Waals surface area contributed by atoms with Gasteiger partial charge in [0.05, 0.1) is 0 Å². The van der Waals surface area contributed by atoms with E-state index in [1.54, 1.807) is 29.2 Å². The number of nitrogens with one attached hydrogen (secondary N) is 1. The van der Waals surface area contributed by atoms with Gasteiger partial charge in [0.2, 0.25) is 0 Å². The number of halogens is 1. The summed E-state index contributed by atoms with van der Waals surface area (Å²) >= 11 is 5.84. The van der Waals surface area contributed by atoms with Gasteiger partial charge in [-0.15, -0.1) is 0 Å². The van der Waals surface area contributed by atoms with E-state index >= 15 is 0 Å². The Balaban J connectivity index is 1.83. The van der Waals surface area contributed by atoms with Crippen molar-refractivity contribution in [3.8, 4) is 0 Å². The van der Waals surface area contributed by atoms with Gasteiger partial charge in [-0.2, -0.15) is 0 Å². The highest BCUT2D eigenvalue weighted by Crippen LogP contribution is 2.16. The monoisotopic (exact) mass is 338 g/mol. The van der Waals surface area contributed by atoms with Gasteiger partial charge in [-0.25, -0.2) is 4.79 Å². The normalized spacial score (nSPS) is 16.1. The first-order valence-corrected chi connectivity index (χ1v) is 8.17. The van der Waals surface area contributed by atoms with Gasteiger partial charge in [0.1, 0.15) is 5.60 Å². The minimum absolute atomic E-state index is 0.00242. The molecule has 0 unspecified atom stereocenters. The van der Waals surface area contributed by atoms with Crippen LogP contribution >= 0.6 is 11.6 Å². The Bertz CT molecular complexity index is 558. The molecule has 0 aromatic heterocycles. The molecule has 2 rings (SSSR count). The first kappa shape index (κ1) is 17.6. The Kier molecular flexibility index (Phi) is 5.52. The number of likely N-dealkylation sites (tertiary alicyclic amines) is 1. The van der Waals surface area contributed by atoms with E-state index in [4.69, 9.17) is 16.3 Å². The second-order valence-electron chi connectivity index (χ2n) is 6.72. The summed E-state index contributed by atoms with van der Waals surface area (Å²) in [5.41, 5.74) is 0.128. The highest BCUT2D eigenvalue weighted by molar-refractivity contribution is 6.30. The lowest BCUT2D eigenvalue weighted by molar-refractivity contribution is 0.0473. The number of hydrogen-bond donors (Lipinski definition) is 1. The molecule has 1 aliphatic rings. The molecular weight excluding hydrogens is 316 g/mol. The molecule has 0 aliphatic carbocycles. The topological polar surface area (TPSA) is 58.6 Å². The van der Waals surface area contributed by atoms with Crippen LogP contribution < -0.4 is 5.32 Å². The Labute approximate surface area is 141 Å². The van der Waals surface area contributed by atoms with E-state index in [2.05, 4.69) is 5.32 Å². The molecule has 1 N–H and O–H groups in total. The van der Waals surface area contributed by atoms with E-state index in [1.807, 2.05) is 20.8 Å². The number of nitrogens with zero attached hydrogens (tertiary/aromatic N) is 1. The summed E-state index contributed by atoms with van der Waals surface area (Å²) in [7, 11) is 0. The largest absolute Gasteiger partial charge is 0.444 e. The van der Waals surface area contributed by atoms with Gasteiger partial charge in [0.15, 0.2) is 0 Å². The predicted octanol–water partition coefficient (Wildman–Crippen LogP) is 3.47. The molecule has 0 radical (unpaired) electrons. The second-order valence-corrected chi connectivity index (χ2v) is 7.16.